The Morgan fingerprint density at radius 3 is 2.94 bits per heavy atom. The third-order valence-electron chi connectivity index (χ3n) is 2.69. The summed E-state index contributed by atoms with van der Waals surface area (Å²) in [6.07, 6.45) is 1.81. The molecule has 0 saturated heterocycles. The normalized spacial score (nSPS) is 12.2. The smallest absolute Gasteiger partial charge is 0.0666 e. The molecule has 1 N–H and O–H groups in total. The Hall–Kier alpha value is -1.60. The first-order chi connectivity index (χ1) is 8.19. The lowest BCUT2D eigenvalue weighted by Gasteiger charge is -2.21. The second-order valence-electron chi connectivity index (χ2n) is 4.14. The number of nitrogens with zero attached hydrogens (tertiary/aromatic N) is 3. The molecule has 1 aromatic heterocycles. The van der Waals surface area contributed by atoms with Crippen molar-refractivity contribution in [2.45, 2.75) is 20.4 Å². The van der Waals surface area contributed by atoms with Crippen LogP contribution in [-0.4, -0.2) is 30.0 Å². The highest BCUT2D eigenvalue weighted by atomic mass is 15.1. The number of hydrogen-bond acceptors (Lipinski definition) is 4. The molecule has 0 aliphatic carbocycles. The van der Waals surface area contributed by atoms with Gasteiger partial charge in [0.15, 0.2) is 0 Å². The lowest BCUT2D eigenvalue weighted by atomic mass is 10.2. The zero-order chi connectivity index (χ0) is 12.7. The van der Waals surface area contributed by atoms with Gasteiger partial charge in [0.05, 0.1) is 17.7 Å². The molecule has 0 radical (unpaired) electrons. The minimum absolute atomic E-state index is 0.0578. The first-order valence-corrected chi connectivity index (χ1v) is 5.94. The summed E-state index contributed by atoms with van der Waals surface area (Å²) in [6, 6.07) is 6.25. The van der Waals surface area contributed by atoms with Gasteiger partial charge in [0.1, 0.15) is 0 Å². The highest BCUT2D eigenvalue weighted by Gasteiger charge is 2.09. The largest absolute Gasteiger partial charge is 0.388 e. The minimum atomic E-state index is 0.0578. The second-order valence-corrected chi connectivity index (χ2v) is 4.14. The van der Waals surface area contributed by atoms with Crippen molar-refractivity contribution in [3.05, 3.63) is 24.0 Å². The Morgan fingerprint density at radius 2 is 2.35 bits per heavy atom. The molecule has 17 heavy (non-hydrogen) atoms. The Bertz CT molecular complexity index is 383. The predicted octanol–water partition coefficient (Wildman–Crippen LogP) is 2.10. The minimum Gasteiger partial charge on any atom is -0.388 e. The molecule has 0 spiro atoms. The van der Waals surface area contributed by atoms with E-state index in [-0.39, 0.29) is 5.92 Å². The quantitative estimate of drug-likeness (QED) is 0.816. The Morgan fingerprint density at radius 1 is 1.59 bits per heavy atom. The summed E-state index contributed by atoms with van der Waals surface area (Å²) in [5.74, 6) is 0.0578. The van der Waals surface area contributed by atoms with Gasteiger partial charge in [0.25, 0.3) is 0 Å². The molecule has 1 aromatic rings. The van der Waals surface area contributed by atoms with Crippen LogP contribution < -0.4 is 5.32 Å². The van der Waals surface area contributed by atoms with E-state index in [0.29, 0.717) is 0 Å². The van der Waals surface area contributed by atoms with Crippen molar-refractivity contribution >= 4 is 5.69 Å². The summed E-state index contributed by atoms with van der Waals surface area (Å²) < 4.78 is 0. The molecule has 0 saturated carbocycles. The molecule has 92 valence electrons. The Labute approximate surface area is 103 Å². The summed E-state index contributed by atoms with van der Waals surface area (Å²) in [7, 11) is 1.90. The van der Waals surface area contributed by atoms with Gasteiger partial charge < -0.3 is 5.32 Å². The molecule has 1 unspecified atom stereocenters. The van der Waals surface area contributed by atoms with Gasteiger partial charge >= 0.3 is 0 Å². The fourth-order valence-electron chi connectivity index (χ4n) is 1.68. The molecule has 0 aliphatic rings. The van der Waals surface area contributed by atoms with Crippen LogP contribution in [0.3, 0.4) is 0 Å². The number of pyridine rings is 1. The molecule has 1 rings (SSSR count). The van der Waals surface area contributed by atoms with Crippen molar-refractivity contribution < 1.29 is 0 Å². The topological polar surface area (TPSA) is 52.0 Å². The first kappa shape index (κ1) is 13.5. The zero-order valence-corrected chi connectivity index (χ0v) is 10.8. The number of aromatic nitrogens is 1. The van der Waals surface area contributed by atoms with E-state index in [2.05, 4.69) is 28.2 Å². The van der Waals surface area contributed by atoms with Gasteiger partial charge in [-0.2, -0.15) is 5.26 Å². The molecule has 1 atom stereocenters. The van der Waals surface area contributed by atoms with Crippen LogP contribution in [0.15, 0.2) is 18.3 Å². The van der Waals surface area contributed by atoms with Crippen molar-refractivity contribution in [3.63, 3.8) is 0 Å². The van der Waals surface area contributed by atoms with Gasteiger partial charge in [0, 0.05) is 32.0 Å². The van der Waals surface area contributed by atoms with Gasteiger partial charge in [-0.15, -0.1) is 0 Å². The van der Waals surface area contributed by atoms with Gasteiger partial charge in [0.2, 0.25) is 0 Å². The fourth-order valence-corrected chi connectivity index (χ4v) is 1.68. The summed E-state index contributed by atoms with van der Waals surface area (Å²) in [5, 5.41) is 11.9. The fraction of sp³-hybridized carbons (Fsp3) is 0.538. The molecule has 0 amide bonds. The van der Waals surface area contributed by atoms with Crippen molar-refractivity contribution in [3.8, 4) is 6.07 Å². The van der Waals surface area contributed by atoms with Crippen molar-refractivity contribution in [2.75, 3.05) is 25.5 Å². The summed E-state index contributed by atoms with van der Waals surface area (Å²) in [6.45, 7) is 6.56. The van der Waals surface area contributed by atoms with Gasteiger partial charge in [-0.25, -0.2) is 0 Å². The maximum Gasteiger partial charge on any atom is 0.0666 e. The summed E-state index contributed by atoms with van der Waals surface area (Å²) in [4.78, 5) is 6.58. The Kier molecular flexibility index (Phi) is 5.44. The number of anilines is 1. The molecule has 1 heterocycles. The van der Waals surface area contributed by atoms with Crippen LogP contribution in [0.25, 0.3) is 0 Å². The number of hydrogen-bond donors (Lipinski definition) is 1. The van der Waals surface area contributed by atoms with E-state index < -0.39 is 0 Å². The molecular weight excluding hydrogens is 212 g/mol. The van der Waals surface area contributed by atoms with E-state index >= 15 is 0 Å². The monoisotopic (exact) mass is 232 g/mol. The lowest BCUT2D eigenvalue weighted by molar-refractivity contribution is 0.257. The third kappa shape index (κ3) is 4.41. The molecule has 4 nitrogen and oxygen atoms in total. The van der Waals surface area contributed by atoms with Crippen LogP contribution >= 0.6 is 0 Å². The average Bonchev–Trinajstić information content (AvgIpc) is 2.37. The van der Waals surface area contributed by atoms with E-state index in [0.717, 1.165) is 31.0 Å². The van der Waals surface area contributed by atoms with E-state index in [1.165, 1.54) is 0 Å². The number of nitriles is 1. The van der Waals surface area contributed by atoms with Crippen molar-refractivity contribution in [1.29, 1.82) is 5.26 Å². The molecule has 4 heteroatoms. The third-order valence-corrected chi connectivity index (χ3v) is 2.69. The summed E-state index contributed by atoms with van der Waals surface area (Å²) in [5.41, 5.74) is 2.10. The van der Waals surface area contributed by atoms with Crippen LogP contribution in [0.4, 0.5) is 5.69 Å². The highest BCUT2D eigenvalue weighted by Crippen LogP contribution is 2.10. The summed E-state index contributed by atoms with van der Waals surface area (Å²) >= 11 is 0. The maximum atomic E-state index is 8.83. The molecule has 0 bridgehead atoms. The predicted molar refractivity (Wildman–Crippen MR) is 69.5 cm³/mol. The van der Waals surface area contributed by atoms with Crippen LogP contribution in [0.1, 0.15) is 19.5 Å². The van der Waals surface area contributed by atoms with E-state index in [4.69, 9.17) is 5.26 Å². The lowest BCUT2D eigenvalue weighted by Crippen LogP contribution is -2.27. The van der Waals surface area contributed by atoms with E-state index in [9.17, 15) is 0 Å². The number of rotatable bonds is 6. The molecule has 0 aliphatic heterocycles. The highest BCUT2D eigenvalue weighted by molar-refractivity contribution is 5.42. The zero-order valence-electron chi connectivity index (χ0n) is 10.8. The van der Waals surface area contributed by atoms with Crippen molar-refractivity contribution in [2.24, 2.45) is 5.92 Å². The van der Waals surface area contributed by atoms with E-state index in [1.807, 2.05) is 32.3 Å². The average molecular weight is 232 g/mol. The maximum absolute atomic E-state index is 8.83. The second kappa shape index (κ2) is 6.87. The molecule has 0 aromatic carbocycles. The van der Waals surface area contributed by atoms with E-state index in [1.54, 1.807) is 0 Å². The molecular formula is C13H20N4. The molecule has 0 fully saturated rings. The van der Waals surface area contributed by atoms with Gasteiger partial charge in [-0.05, 0) is 25.6 Å². The van der Waals surface area contributed by atoms with Crippen molar-refractivity contribution in [1.82, 2.24) is 9.88 Å². The van der Waals surface area contributed by atoms with Crippen LogP contribution in [0, 0.1) is 17.2 Å². The van der Waals surface area contributed by atoms with Gasteiger partial charge in [-0.1, -0.05) is 6.92 Å². The van der Waals surface area contributed by atoms with Gasteiger partial charge in [-0.3, -0.25) is 9.88 Å². The van der Waals surface area contributed by atoms with Crippen LogP contribution in [-0.2, 0) is 6.54 Å². The number of nitrogens with one attached hydrogen (secondary N) is 1. The Balaban J connectivity index is 2.64. The standard InChI is InChI=1S/C13H20N4/c1-4-17(9-11(2)8-14)10-13-7-12(15-3)5-6-16-13/h5-7,11H,4,9-10H2,1-3H3,(H,15,16). The SMILES string of the molecule is CCN(Cc1cc(NC)ccn1)CC(C)C#N. The van der Waals surface area contributed by atoms with Crippen LogP contribution in [0.2, 0.25) is 0 Å². The van der Waals surface area contributed by atoms with Crippen LogP contribution in [0.5, 0.6) is 0 Å². The first-order valence-electron chi connectivity index (χ1n) is 5.94.